The zero-order valence-corrected chi connectivity index (χ0v) is 19.7. The summed E-state index contributed by atoms with van der Waals surface area (Å²) in [6.45, 7) is 4.53. The molecule has 0 aliphatic heterocycles. The van der Waals surface area contributed by atoms with Crippen molar-refractivity contribution in [2.24, 2.45) is 17.8 Å². The van der Waals surface area contributed by atoms with Crippen LogP contribution in [0.3, 0.4) is 0 Å². The molecule has 4 heteroatoms. The van der Waals surface area contributed by atoms with Crippen LogP contribution >= 0.6 is 22.7 Å². The zero-order valence-electron chi connectivity index (χ0n) is 18.1. The molecule has 2 heterocycles. The van der Waals surface area contributed by atoms with E-state index in [4.69, 9.17) is 4.74 Å². The summed E-state index contributed by atoms with van der Waals surface area (Å²) in [6.07, 6.45) is 15.6. The van der Waals surface area contributed by atoms with Crippen LogP contribution < -0.4 is 0 Å². The zero-order chi connectivity index (χ0) is 20.2. The van der Waals surface area contributed by atoms with Crippen LogP contribution in [0.15, 0.2) is 12.1 Å². The predicted octanol–water partition coefficient (Wildman–Crippen LogP) is 8.24. The van der Waals surface area contributed by atoms with E-state index in [0.29, 0.717) is 0 Å². The van der Waals surface area contributed by atoms with Crippen LogP contribution in [0.5, 0.6) is 0 Å². The molecule has 0 radical (unpaired) electrons. The summed E-state index contributed by atoms with van der Waals surface area (Å²) < 4.78 is 8.40. The van der Waals surface area contributed by atoms with Crippen molar-refractivity contribution in [1.82, 2.24) is 0 Å². The number of hydrogen-bond donors (Lipinski definition) is 0. The standard InChI is InChI=1S/C25H36O2S2/c1-3-5-17-7-9-18(10-8-17)19-11-13-20(14-12-19)27-25(26)24-16-23-22(29-24)15-21(28-23)6-4-2/h15-20H,3-14H2,1-2H3. The Morgan fingerprint density at radius 3 is 2.17 bits per heavy atom. The van der Waals surface area contributed by atoms with Gasteiger partial charge in [-0.1, -0.05) is 46.0 Å². The lowest BCUT2D eigenvalue weighted by Crippen LogP contribution is -2.29. The molecule has 4 rings (SSSR count). The van der Waals surface area contributed by atoms with Crippen molar-refractivity contribution in [3.05, 3.63) is 21.9 Å². The van der Waals surface area contributed by atoms with Gasteiger partial charge in [-0.25, -0.2) is 4.79 Å². The second kappa shape index (κ2) is 9.96. The summed E-state index contributed by atoms with van der Waals surface area (Å²) in [5.74, 6) is 2.70. The lowest BCUT2D eigenvalue weighted by molar-refractivity contribution is 0.0114. The first kappa shape index (κ1) is 21.4. The number of aryl methyl sites for hydroxylation is 1. The molecule has 0 N–H and O–H groups in total. The molecular formula is C25H36O2S2. The molecule has 160 valence electrons. The van der Waals surface area contributed by atoms with E-state index in [9.17, 15) is 4.79 Å². The highest BCUT2D eigenvalue weighted by Crippen LogP contribution is 2.42. The molecule has 2 aliphatic rings. The summed E-state index contributed by atoms with van der Waals surface area (Å²) in [5.41, 5.74) is 0. The van der Waals surface area contributed by atoms with Crippen molar-refractivity contribution in [3.63, 3.8) is 0 Å². The minimum absolute atomic E-state index is 0.0982. The van der Waals surface area contributed by atoms with E-state index < -0.39 is 0 Å². The highest BCUT2D eigenvalue weighted by molar-refractivity contribution is 7.28. The number of rotatable bonds is 7. The van der Waals surface area contributed by atoms with Gasteiger partial charge in [0, 0.05) is 14.3 Å². The van der Waals surface area contributed by atoms with Gasteiger partial charge in [0.05, 0.1) is 0 Å². The van der Waals surface area contributed by atoms with Gasteiger partial charge in [0.15, 0.2) is 0 Å². The smallest absolute Gasteiger partial charge is 0.348 e. The first-order chi connectivity index (χ1) is 14.2. The van der Waals surface area contributed by atoms with Gasteiger partial charge in [-0.15, -0.1) is 22.7 Å². The second-order valence-corrected chi connectivity index (χ2v) is 11.6. The summed E-state index contributed by atoms with van der Waals surface area (Å²) in [6, 6.07) is 4.30. The predicted molar refractivity (Wildman–Crippen MR) is 125 cm³/mol. The fraction of sp³-hybridized carbons (Fsp3) is 0.720. The number of fused-ring (bicyclic) bond motifs is 1. The highest BCUT2D eigenvalue weighted by atomic mass is 32.1. The first-order valence-electron chi connectivity index (χ1n) is 11.9. The average Bonchev–Trinajstić information content (AvgIpc) is 3.29. The topological polar surface area (TPSA) is 26.3 Å². The Morgan fingerprint density at radius 2 is 1.55 bits per heavy atom. The van der Waals surface area contributed by atoms with E-state index in [1.54, 1.807) is 11.3 Å². The van der Waals surface area contributed by atoms with Crippen LogP contribution in [0.25, 0.3) is 9.40 Å². The van der Waals surface area contributed by atoms with Crippen molar-refractivity contribution in [2.45, 2.75) is 97.0 Å². The van der Waals surface area contributed by atoms with E-state index in [1.807, 2.05) is 17.4 Å². The molecule has 2 aromatic rings. The number of hydrogen-bond acceptors (Lipinski definition) is 4. The van der Waals surface area contributed by atoms with Gasteiger partial charge in [-0.3, -0.25) is 0 Å². The van der Waals surface area contributed by atoms with Crippen molar-refractivity contribution < 1.29 is 9.53 Å². The summed E-state index contributed by atoms with van der Waals surface area (Å²) in [7, 11) is 0. The van der Waals surface area contributed by atoms with Crippen molar-refractivity contribution in [1.29, 1.82) is 0 Å². The molecular weight excluding hydrogens is 396 g/mol. The normalized spacial score (nSPS) is 27.9. The molecule has 0 unspecified atom stereocenters. The molecule has 2 nitrogen and oxygen atoms in total. The van der Waals surface area contributed by atoms with Gasteiger partial charge in [0.1, 0.15) is 11.0 Å². The first-order valence-corrected chi connectivity index (χ1v) is 13.5. The third kappa shape index (κ3) is 5.25. The molecule has 29 heavy (non-hydrogen) atoms. The Kier molecular flexibility index (Phi) is 7.34. The Balaban J connectivity index is 1.24. The SMILES string of the molecule is CCCc1cc2sc(C(=O)OC3CCC(C4CCC(CCC)CC4)CC3)cc2s1. The molecule has 0 saturated heterocycles. The van der Waals surface area contributed by atoms with Gasteiger partial charge >= 0.3 is 5.97 Å². The monoisotopic (exact) mass is 432 g/mol. The maximum absolute atomic E-state index is 12.7. The Labute approximate surface area is 184 Å². The van der Waals surface area contributed by atoms with E-state index in [-0.39, 0.29) is 12.1 Å². The van der Waals surface area contributed by atoms with E-state index in [2.05, 4.69) is 19.9 Å². The Bertz CT molecular complexity index is 757. The second-order valence-electron chi connectivity index (χ2n) is 9.31. The molecule has 0 atom stereocenters. The average molecular weight is 433 g/mol. The van der Waals surface area contributed by atoms with Gasteiger partial charge in [-0.2, -0.15) is 0 Å². The maximum Gasteiger partial charge on any atom is 0.348 e. The van der Waals surface area contributed by atoms with Crippen LogP contribution in [0, 0.1) is 17.8 Å². The van der Waals surface area contributed by atoms with Gasteiger partial charge in [0.25, 0.3) is 0 Å². The van der Waals surface area contributed by atoms with E-state index >= 15 is 0 Å². The van der Waals surface area contributed by atoms with Crippen LogP contribution in [0.4, 0.5) is 0 Å². The van der Waals surface area contributed by atoms with Crippen molar-refractivity contribution in [3.8, 4) is 0 Å². The molecule has 0 aromatic carbocycles. The van der Waals surface area contributed by atoms with Crippen molar-refractivity contribution >= 4 is 38.0 Å². The Morgan fingerprint density at radius 1 is 0.897 bits per heavy atom. The van der Waals surface area contributed by atoms with Crippen LogP contribution in [0.2, 0.25) is 0 Å². The van der Waals surface area contributed by atoms with Crippen molar-refractivity contribution in [2.75, 3.05) is 0 Å². The number of esters is 1. The van der Waals surface area contributed by atoms with Crippen LogP contribution in [-0.2, 0) is 11.2 Å². The third-order valence-corrected chi connectivity index (χ3v) is 9.54. The molecule has 2 fully saturated rings. The molecule has 0 amide bonds. The molecule has 2 aromatic heterocycles. The Hall–Kier alpha value is -0.870. The molecule has 2 saturated carbocycles. The number of ether oxygens (including phenoxy) is 1. The van der Waals surface area contributed by atoms with Gasteiger partial charge < -0.3 is 4.74 Å². The fourth-order valence-electron chi connectivity index (χ4n) is 5.60. The largest absolute Gasteiger partial charge is 0.458 e. The minimum atomic E-state index is -0.0982. The minimum Gasteiger partial charge on any atom is -0.458 e. The summed E-state index contributed by atoms with van der Waals surface area (Å²) in [5, 5.41) is 0. The number of thiophene rings is 2. The number of carbonyl (C=O) groups is 1. The summed E-state index contributed by atoms with van der Waals surface area (Å²) >= 11 is 3.43. The van der Waals surface area contributed by atoms with Gasteiger partial charge in [-0.05, 0) is 74.8 Å². The number of carbonyl (C=O) groups excluding carboxylic acids is 1. The van der Waals surface area contributed by atoms with E-state index in [0.717, 1.165) is 41.9 Å². The third-order valence-electron chi connectivity index (χ3n) is 7.20. The van der Waals surface area contributed by atoms with Crippen LogP contribution in [-0.4, -0.2) is 12.1 Å². The summed E-state index contributed by atoms with van der Waals surface area (Å²) in [4.78, 5) is 14.9. The van der Waals surface area contributed by atoms with E-state index in [1.165, 1.54) is 72.1 Å². The molecule has 0 bridgehead atoms. The lowest BCUT2D eigenvalue weighted by atomic mass is 9.70. The maximum atomic E-state index is 12.7. The highest BCUT2D eigenvalue weighted by Gasteiger charge is 2.32. The molecule has 0 spiro atoms. The van der Waals surface area contributed by atoms with Crippen LogP contribution in [0.1, 0.15) is 99.0 Å². The fourth-order valence-corrected chi connectivity index (χ4v) is 8.01. The lowest BCUT2D eigenvalue weighted by Gasteiger charge is -2.37. The quantitative estimate of drug-likeness (QED) is 0.412. The molecule has 2 aliphatic carbocycles. The van der Waals surface area contributed by atoms with Gasteiger partial charge in [0.2, 0.25) is 0 Å².